The van der Waals surface area contributed by atoms with E-state index in [1.165, 1.54) is 0 Å². The zero-order valence-corrected chi connectivity index (χ0v) is 16.8. The third-order valence-electron chi connectivity index (χ3n) is 4.36. The fourth-order valence-electron chi connectivity index (χ4n) is 3.01. The normalized spacial score (nSPS) is 21.2. The number of amides is 1. The second-order valence-electron chi connectivity index (χ2n) is 7.85. The lowest BCUT2D eigenvalue weighted by atomic mass is 9.85. The van der Waals surface area contributed by atoms with Crippen molar-refractivity contribution in [1.29, 1.82) is 0 Å². The summed E-state index contributed by atoms with van der Waals surface area (Å²) in [5.74, 6) is -0.0588. The van der Waals surface area contributed by atoms with Crippen molar-refractivity contribution in [2.75, 3.05) is 6.61 Å². The fourth-order valence-corrected chi connectivity index (χ4v) is 3.97. The molecule has 2 rings (SSSR count). The van der Waals surface area contributed by atoms with Gasteiger partial charge in [0.2, 0.25) is 0 Å². The molecule has 0 aromatic heterocycles. The average Bonchev–Trinajstić information content (AvgIpc) is 2.52. The van der Waals surface area contributed by atoms with Crippen molar-refractivity contribution in [3.63, 3.8) is 0 Å². The van der Waals surface area contributed by atoms with Gasteiger partial charge in [-0.3, -0.25) is 4.18 Å². The zero-order valence-electron chi connectivity index (χ0n) is 15.9. The van der Waals surface area contributed by atoms with Gasteiger partial charge in [0, 0.05) is 12.0 Å². The second kappa shape index (κ2) is 8.39. The molecule has 0 radical (unpaired) electrons. The third-order valence-corrected chi connectivity index (χ3v) is 5.65. The summed E-state index contributed by atoms with van der Waals surface area (Å²) in [5.41, 5.74) is 0.414. The summed E-state index contributed by atoms with van der Waals surface area (Å²) < 4.78 is 35.3. The maximum absolute atomic E-state index is 12.4. The van der Waals surface area contributed by atoms with Crippen LogP contribution in [-0.2, 0) is 19.0 Å². The molecule has 1 amide bonds. The quantitative estimate of drug-likeness (QED) is 0.783. The highest BCUT2D eigenvalue weighted by Crippen LogP contribution is 2.26. The molecule has 0 spiro atoms. The lowest BCUT2D eigenvalue weighted by Crippen LogP contribution is -2.45. The van der Waals surface area contributed by atoms with Gasteiger partial charge in [-0.1, -0.05) is 30.5 Å². The number of aryl methyl sites for hydroxylation is 1. The van der Waals surface area contributed by atoms with Crippen molar-refractivity contribution in [3.05, 3.63) is 29.8 Å². The number of benzene rings is 1. The summed E-state index contributed by atoms with van der Waals surface area (Å²) >= 11 is 0. The van der Waals surface area contributed by atoms with E-state index in [0.717, 1.165) is 31.2 Å². The molecule has 0 aliphatic heterocycles. The molecule has 146 valence electrons. The molecule has 7 heteroatoms. The van der Waals surface area contributed by atoms with Crippen molar-refractivity contribution in [1.82, 2.24) is 5.32 Å². The van der Waals surface area contributed by atoms with Crippen LogP contribution in [0, 0.1) is 12.8 Å². The van der Waals surface area contributed by atoms with Crippen LogP contribution in [0.2, 0.25) is 0 Å². The van der Waals surface area contributed by atoms with Crippen molar-refractivity contribution in [2.24, 2.45) is 5.92 Å². The number of hydrogen-bond acceptors (Lipinski definition) is 5. The summed E-state index contributed by atoms with van der Waals surface area (Å²) in [5, 5.41) is 2.87. The Kier molecular flexibility index (Phi) is 6.69. The number of nitrogens with one attached hydrogen (secondary N) is 1. The van der Waals surface area contributed by atoms with Crippen LogP contribution in [0.3, 0.4) is 0 Å². The van der Waals surface area contributed by atoms with Crippen LogP contribution in [0.1, 0.15) is 52.0 Å². The van der Waals surface area contributed by atoms with Crippen LogP contribution < -0.4 is 5.32 Å². The van der Waals surface area contributed by atoms with Gasteiger partial charge < -0.3 is 10.1 Å². The topological polar surface area (TPSA) is 81.7 Å². The van der Waals surface area contributed by atoms with Gasteiger partial charge in [-0.2, -0.15) is 8.42 Å². The molecular weight excluding hydrogens is 354 g/mol. The van der Waals surface area contributed by atoms with E-state index in [1.807, 2.05) is 27.7 Å². The van der Waals surface area contributed by atoms with Crippen LogP contribution in [-0.4, -0.2) is 32.8 Å². The first-order valence-corrected chi connectivity index (χ1v) is 10.4. The van der Waals surface area contributed by atoms with Crippen molar-refractivity contribution < 1.29 is 22.1 Å². The molecule has 1 N–H and O–H groups in total. The van der Waals surface area contributed by atoms with Crippen LogP contribution in [0.25, 0.3) is 0 Å². The monoisotopic (exact) mass is 383 g/mol. The second-order valence-corrected chi connectivity index (χ2v) is 9.46. The minimum atomic E-state index is -3.80. The molecule has 2 unspecified atom stereocenters. The van der Waals surface area contributed by atoms with Crippen molar-refractivity contribution in [2.45, 2.75) is 69.9 Å². The van der Waals surface area contributed by atoms with E-state index in [4.69, 9.17) is 8.92 Å². The standard InChI is InChI=1S/C19H29NO5S/c1-14-9-11-16(12-10-14)26(22,23)24-13-15-7-5-6-8-17(15)20-18(21)25-19(2,3)4/h9-12,15,17H,5-8,13H2,1-4H3,(H,20,21). The van der Waals surface area contributed by atoms with Gasteiger partial charge in [0.15, 0.2) is 0 Å². The van der Waals surface area contributed by atoms with Crippen molar-refractivity contribution in [3.8, 4) is 0 Å². The Morgan fingerprint density at radius 2 is 1.77 bits per heavy atom. The molecule has 0 heterocycles. The average molecular weight is 384 g/mol. The first-order valence-electron chi connectivity index (χ1n) is 9.02. The van der Waals surface area contributed by atoms with Gasteiger partial charge in [-0.25, -0.2) is 4.79 Å². The lowest BCUT2D eigenvalue weighted by molar-refractivity contribution is 0.0453. The van der Waals surface area contributed by atoms with E-state index in [9.17, 15) is 13.2 Å². The van der Waals surface area contributed by atoms with Gasteiger partial charge in [0.25, 0.3) is 10.1 Å². The predicted molar refractivity (Wildman–Crippen MR) is 99.4 cm³/mol. The summed E-state index contributed by atoms with van der Waals surface area (Å²) in [7, 11) is -3.80. The Balaban J connectivity index is 1.97. The number of carbonyl (C=O) groups is 1. The van der Waals surface area contributed by atoms with Gasteiger partial charge in [-0.15, -0.1) is 0 Å². The summed E-state index contributed by atoms with van der Waals surface area (Å²) in [4.78, 5) is 12.2. The molecule has 1 saturated carbocycles. The Morgan fingerprint density at radius 1 is 1.15 bits per heavy atom. The van der Waals surface area contributed by atoms with Crippen LogP contribution in [0.5, 0.6) is 0 Å². The Labute approximate surface area is 156 Å². The highest BCUT2D eigenvalue weighted by atomic mass is 32.2. The van der Waals surface area contributed by atoms with Gasteiger partial charge >= 0.3 is 6.09 Å². The Hall–Kier alpha value is -1.60. The van der Waals surface area contributed by atoms with Crippen molar-refractivity contribution >= 4 is 16.2 Å². The molecule has 0 bridgehead atoms. The first-order chi connectivity index (χ1) is 12.1. The zero-order chi connectivity index (χ0) is 19.4. The van der Waals surface area contributed by atoms with E-state index >= 15 is 0 Å². The molecule has 26 heavy (non-hydrogen) atoms. The van der Waals surface area contributed by atoms with E-state index < -0.39 is 21.8 Å². The molecule has 1 aromatic carbocycles. The van der Waals surface area contributed by atoms with Crippen LogP contribution >= 0.6 is 0 Å². The molecule has 0 saturated heterocycles. The molecule has 1 fully saturated rings. The number of rotatable bonds is 5. The van der Waals surface area contributed by atoms with Gasteiger partial charge in [0.1, 0.15) is 5.60 Å². The van der Waals surface area contributed by atoms with E-state index in [-0.39, 0.29) is 23.5 Å². The summed E-state index contributed by atoms with van der Waals surface area (Å²) in [6.07, 6.45) is 3.10. The van der Waals surface area contributed by atoms with Crippen LogP contribution in [0.4, 0.5) is 4.79 Å². The lowest BCUT2D eigenvalue weighted by Gasteiger charge is -2.32. The van der Waals surface area contributed by atoms with E-state index in [1.54, 1.807) is 24.3 Å². The van der Waals surface area contributed by atoms with E-state index in [0.29, 0.717) is 0 Å². The highest BCUT2D eigenvalue weighted by Gasteiger charge is 2.30. The summed E-state index contributed by atoms with van der Waals surface area (Å²) in [6, 6.07) is 6.42. The largest absolute Gasteiger partial charge is 0.444 e. The van der Waals surface area contributed by atoms with E-state index in [2.05, 4.69) is 5.32 Å². The third kappa shape index (κ3) is 6.29. The van der Waals surface area contributed by atoms with Crippen LogP contribution in [0.15, 0.2) is 29.2 Å². The molecule has 1 aliphatic rings. The molecule has 1 aromatic rings. The molecule has 1 aliphatic carbocycles. The fraction of sp³-hybridized carbons (Fsp3) is 0.632. The Bertz CT molecular complexity index is 706. The smallest absolute Gasteiger partial charge is 0.407 e. The number of hydrogen-bond donors (Lipinski definition) is 1. The first kappa shape index (κ1) is 20.7. The molecule has 6 nitrogen and oxygen atoms in total. The highest BCUT2D eigenvalue weighted by molar-refractivity contribution is 7.86. The van der Waals surface area contributed by atoms with Gasteiger partial charge in [0.05, 0.1) is 11.5 Å². The maximum Gasteiger partial charge on any atom is 0.407 e. The minimum Gasteiger partial charge on any atom is -0.444 e. The Morgan fingerprint density at radius 3 is 2.38 bits per heavy atom. The van der Waals surface area contributed by atoms with Gasteiger partial charge in [-0.05, 0) is 52.7 Å². The molecule has 2 atom stereocenters. The SMILES string of the molecule is Cc1ccc(S(=O)(=O)OCC2CCCCC2NC(=O)OC(C)(C)C)cc1. The number of ether oxygens (including phenoxy) is 1. The molecular formula is C19H29NO5S. The number of carbonyl (C=O) groups excluding carboxylic acids is 1. The number of alkyl carbamates (subject to hydrolysis) is 1. The predicted octanol–water partition coefficient (Wildman–Crippen LogP) is 3.78. The minimum absolute atomic E-state index is 0.0523. The summed E-state index contributed by atoms with van der Waals surface area (Å²) in [6.45, 7) is 7.37. The maximum atomic E-state index is 12.4.